The Kier molecular flexibility index (Phi) is 7.69. The molecule has 0 saturated carbocycles. The van der Waals surface area contributed by atoms with E-state index in [0.29, 0.717) is 43.8 Å². The first-order valence-corrected chi connectivity index (χ1v) is 11.1. The first kappa shape index (κ1) is 22.5. The molecule has 0 spiro atoms. The number of carbonyl (C=O) groups is 2. The summed E-state index contributed by atoms with van der Waals surface area (Å²) in [7, 11) is 1.54. The molecule has 2 aromatic carbocycles. The molecule has 2 aromatic rings. The van der Waals surface area contributed by atoms with Crippen LogP contribution in [0, 0.1) is 0 Å². The molecule has 0 bridgehead atoms. The molecular formula is C21H19BrClNO5S. The second-order valence-electron chi connectivity index (χ2n) is 6.08. The molecule has 0 aromatic heterocycles. The smallest absolute Gasteiger partial charge is 0.293 e. The summed E-state index contributed by atoms with van der Waals surface area (Å²) in [5.41, 5.74) is 0.708. The van der Waals surface area contributed by atoms with E-state index in [9.17, 15) is 9.59 Å². The van der Waals surface area contributed by atoms with Gasteiger partial charge in [-0.25, -0.2) is 0 Å². The van der Waals surface area contributed by atoms with Crippen molar-refractivity contribution in [3.05, 3.63) is 56.4 Å². The Hall–Kier alpha value is -2.16. The van der Waals surface area contributed by atoms with E-state index in [1.807, 2.05) is 13.0 Å². The second kappa shape index (κ2) is 10.2. The molecule has 3 rings (SSSR count). The fourth-order valence-electron chi connectivity index (χ4n) is 2.76. The molecular weight excluding hydrogens is 494 g/mol. The first-order chi connectivity index (χ1) is 14.4. The lowest BCUT2D eigenvalue weighted by atomic mass is 10.2. The maximum Gasteiger partial charge on any atom is 0.293 e. The van der Waals surface area contributed by atoms with Crippen molar-refractivity contribution in [2.75, 3.05) is 26.9 Å². The highest BCUT2D eigenvalue weighted by Gasteiger charge is 2.35. The van der Waals surface area contributed by atoms with Gasteiger partial charge in [0.1, 0.15) is 12.4 Å². The van der Waals surface area contributed by atoms with Gasteiger partial charge in [0.25, 0.3) is 11.1 Å². The van der Waals surface area contributed by atoms with Gasteiger partial charge in [0, 0.05) is 0 Å². The summed E-state index contributed by atoms with van der Waals surface area (Å²) in [6, 6.07) is 10.6. The number of nitrogens with zero attached hydrogens (tertiary/aromatic N) is 1. The van der Waals surface area contributed by atoms with Crippen molar-refractivity contribution in [1.82, 2.24) is 4.90 Å². The van der Waals surface area contributed by atoms with Crippen LogP contribution < -0.4 is 14.2 Å². The summed E-state index contributed by atoms with van der Waals surface area (Å²) in [6.45, 7) is 2.65. The highest BCUT2D eigenvalue weighted by Crippen LogP contribution is 2.39. The van der Waals surface area contributed by atoms with E-state index in [2.05, 4.69) is 15.9 Å². The number of methoxy groups -OCH3 is 1. The van der Waals surface area contributed by atoms with Gasteiger partial charge >= 0.3 is 0 Å². The predicted octanol–water partition coefficient (Wildman–Crippen LogP) is 5.63. The second-order valence-corrected chi connectivity index (χ2v) is 8.33. The monoisotopic (exact) mass is 511 g/mol. The molecule has 1 fully saturated rings. The summed E-state index contributed by atoms with van der Waals surface area (Å²) < 4.78 is 17.2. The third kappa shape index (κ3) is 5.11. The Morgan fingerprint density at radius 2 is 1.93 bits per heavy atom. The van der Waals surface area contributed by atoms with Crippen molar-refractivity contribution in [3.8, 4) is 17.2 Å². The van der Waals surface area contributed by atoms with Crippen LogP contribution in [0.1, 0.15) is 12.5 Å². The average molecular weight is 513 g/mol. The predicted molar refractivity (Wildman–Crippen MR) is 121 cm³/mol. The molecule has 1 aliphatic rings. The standard InChI is InChI=1S/C21H19BrClNO5S/c1-3-28-19-14(22)10-13(11-17(19)27-2)12-18-20(25)24(21(26)30-18)8-9-29-16-7-5-4-6-15(16)23/h4-7,10-12H,3,8-9H2,1-2H3/b18-12-. The van der Waals surface area contributed by atoms with Crippen LogP contribution in [-0.2, 0) is 4.79 Å². The normalized spacial score (nSPS) is 15.1. The number of thioether (sulfide) groups is 1. The van der Waals surface area contributed by atoms with Gasteiger partial charge in [-0.15, -0.1) is 0 Å². The van der Waals surface area contributed by atoms with Crippen LogP contribution in [0.25, 0.3) is 6.08 Å². The third-order valence-electron chi connectivity index (χ3n) is 4.12. The maximum absolute atomic E-state index is 12.7. The molecule has 1 heterocycles. The number of rotatable bonds is 8. The van der Waals surface area contributed by atoms with Crippen molar-refractivity contribution in [2.24, 2.45) is 0 Å². The molecule has 0 N–H and O–H groups in total. The van der Waals surface area contributed by atoms with Crippen LogP contribution in [0.4, 0.5) is 4.79 Å². The number of halogens is 2. The zero-order chi connectivity index (χ0) is 21.7. The molecule has 0 radical (unpaired) electrons. The number of hydrogen-bond donors (Lipinski definition) is 0. The Labute approximate surface area is 192 Å². The summed E-state index contributed by atoms with van der Waals surface area (Å²) in [5.74, 6) is 1.26. The summed E-state index contributed by atoms with van der Waals surface area (Å²) in [6.07, 6.45) is 1.66. The topological polar surface area (TPSA) is 65.1 Å². The molecule has 9 heteroatoms. The first-order valence-electron chi connectivity index (χ1n) is 9.07. The van der Waals surface area contributed by atoms with Crippen LogP contribution in [0.2, 0.25) is 5.02 Å². The molecule has 158 valence electrons. The zero-order valence-electron chi connectivity index (χ0n) is 16.3. The van der Waals surface area contributed by atoms with Crippen molar-refractivity contribution >= 4 is 56.5 Å². The molecule has 0 unspecified atom stereocenters. The SMILES string of the molecule is CCOc1c(Br)cc(/C=C2\SC(=O)N(CCOc3ccccc3Cl)C2=O)cc1OC. The van der Waals surface area contributed by atoms with Crippen LogP contribution >= 0.6 is 39.3 Å². The highest BCUT2D eigenvalue weighted by molar-refractivity contribution is 9.10. The number of benzene rings is 2. The lowest BCUT2D eigenvalue weighted by Gasteiger charge is -2.14. The lowest BCUT2D eigenvalue weighted by molar-refractivity contribution is -0.123. The van der Waals surface area contributed by atoms with Crippen LogP contribution in [0.5, 0.6) is 17.2 Å². The van der Waals surface area contributed by atoms with Gasteiger partial charge in [-0.1, -0.05) is 23.7 Å². The summed E-state index contributed by atoms with van der Waals surface area (Å²) >= 11 is 10.4. The number of ether oxygens (including phenoxy) is 3. The minimum Gasteiger partial charge on any atom is -0.493 e. The minimum absolute atomic E-state index is 0.128. The van der Waals surface area contributed by atoms with Crippen LogP contribution in [-0.4, -0.2) is 42.9 Å². The maximum atomic E-state index is 12.7. The number of amides is 2. The Morgan fingerprint density at radius 3 is 2.63 bits per heavy atom. The van der Waals surface area contributed by atoms with E-state index in [1.54, 1.807) is 43.5 Å². The minimum atomic E-state index is -0.364. The fourth-order valence-corrected chi connectivity index (χ4v) is 4.39. The van der Waals surface area contributed by atoms with Gasteiger partial charge in [-0.3, -0.25) is 14.5 Å². The van der Waals surface area contributed by atoms with E-state index in [-0.39, 0.29) is 24.3 Å². The number of carbonyl (C=O) groups excluding carboxylic acids is 2. The van der Waals surface area contributed by atoms with Crippen molar-refractivity contribution in [3.63, 3.8) is 0 Å². The van der Waals surface area contributed by atoms with Gasteiger partial charge < -0.3 is 14.2 Å². The van der Waals surface area contributed by atoms with Gasteiger partial charge in [-0.05, 0) is 70.5 Å². The molecule has 1 aliphatic heterocycles. The Morgan fingerprint density at radius 1 is 1.17 bits per heavy atom. The Balaban J connectivity index is 1.71. The summed E-state index contributed by atoms with van der Waals surface area (Å²) in [5, 5.41) is 0.132. The number of imide groups is 1. The van der Waals surface area contributed by atoms with Crippen LogP contribution in [0.3, 0.4) is 0 Å². The molecule has 0 atom stereocenters. The van der Waals surface area contributed by atoms with Crippen molar-refractivity contribution in [2.45, 2.75) is 6.92 Å². The number of hydrogen-bond acceptors (Lipinski definition) is 6. The molecule has 0 aliphatic carbocycles. The largest absolute Gasteiger partial charge is 0.493 e. The molecule has 6 nitrogen and oxygen atoms in total. The van der Waals surface area contributed by atoms with E-state index >= 15 is 0 Å². The average Bonchev–Trinajstić information content (AvgIpc) is 2.98. The van der Waals surface area contributed by atoms with E-state index in [4.69, 9.17) is 25.8 Å². The fraction of sp³-hybridized carbons (Fsp3) is 0.238. The van der Waals surface area contributed by atoms with Crippen molar-refractivity contribution < 1.29 is 23.8 Å². The lowest BCUT2D eigenvalue weighted by Crippen LogP contribution is -2.32. The van der Waals surface area contributed by atoms with Gasteiger partial charge in [0.15, 0.2) is 11.5 Å². The van der Waals surface area contributed by atoms with Gasteiger partial charge in [-0.2, -0.15) is 0 Å². The highest BCUT2D eigenvalue weighted by atomic mass is 79.9. The number of para-hydroxylation sites is 1. The van der Waals surface area contributed by atoms with Gasteiger partial charge in [0.2, 0.25) is 0 Å². The Bertz CT molecular complexity index is 997. The molecule has 1 saturated heterocycles. The van der Waals surface area contributed by atoms with E-state index < -0.39 is 0 Å². The van der Waals surface area contributed by atoms with Crippen LogP contribution in [0.15, 0.2) is 45.8 Å². The van der Waals surface area contributed by atoms with E-state index in [1.165, 1.54) is 0 Å². The van der Waals surface area contributed by atoms with Crippen molar-refractivity contribution in [1.29, 1.82) is 0 Å². The molecule has 2 amide bonds. The third-order valence-corrected chi connectivity index (χ3v) is 5.93. The van der Waals surface area contributed by atoms with Gasteiger partial charge in [0.05, 0.1) is 34.7 Å². The quantitative estimate of drug-likeness (QED) is 0.428. The molecule has 30 heavy (non-hydrogen) atoms. The summed E-state index contributed by atoms with van der Waals surface area (Å²) in [4.78, 5) is 26.5. The zero-order valence-corrected chi connectivity index (χ0v) is 19.5. The van der Waals surface area contributed by atoms with E-state index in [0.717, 1.165) is 16.7 Å².